The molecule has 8 nitrogen and oxygen atoms in total. The fraction of sp³-hybridized carbons (Fsp3) is 0.294. The number of thioether (sulfide) groups is 1. The number of aromatic amines is 1. The van der Waals surface area contributed by atoms with Crippen molar-refractivity contribution >= 4 is 23.5 Å². The van der Waals surface area contributed by atoms with E-state index in [-0.39, 0.29) is 29.3 Å². The monoisotopic (exact) mass is 375 g/mol. The molecule has 0 atom stereocenters. The first-order valence-corrected chi connectivity index (χ1v) is 8.89. The predicted molar refractivity (Wildman–Crippen MR) is 93.3 cm³/mol. The Morgan fingerprint density at radius 1 is 1.31 bits per heavy atom. The summed E-state index contributed by atoms with van der Waals surface area (Å²) in [5.74, 6) is 0.201. The summed E-state index contributed by atoms with van der Waals surface area (Å²) in [6, 6.07) is 3.42. The van der Waals surface area contributed by atoms with Crippen molar-refractivity contribution in [3.63, 3.8) is 0 Å². The van der Waals surface area contributed by atoms with E-state index in [4.69, 9.17) is 13.6 Å². The van der Waals surface area contributed by atoms with Gasteiger partial charge in [-0.1, -0.05) is 11.8 Å². The van der Waals surface area contributed by atoms with Gasteiger partial charge in [0, 0.05) is 11.3 Å². The van der Waals surface area contributed by atoms with Crippen LogP contribution in [0.15, 0.2) is 32.5 Å². The van der Waals surface area contributed by atoms with E-state index in [1.165, 1.54) is 6.26 Å². The third-order valence-electron chi connectivity index (χ3n) is 3.66. The first-order chi connectivity index (χ1) is 12.5. The average molecular weight is 375 g/mol. The van der Waals surface area contributed by atoms with Crippen LogP contribution in [0.5, 0.6) is 0 Å². The Labute approximate surface area is 153 Å². The molecule has 9 heteroatoms. The van der Waals surface area contributed by atoms with Gasteiger partial charge < -0.3 is 18.6 Å². The second kappa shape index (κ2) is 7.61. The fourth-order valence-electron chi connectivity index (χ4n) is 2.54. The van der Waals surface area contributed by atoms with E-state index < -0.39 is 5.97 Å². The zero-order valence-electron chi connectivity index (χ0n) is 14.5. The first kappa shape index (κ1) is 18.0. The number of hydrogen-bond acceptors (Lipinski definition) is 8. The van der Waals surface area contributed by atoms with Gasteiger partial charge in [-0.2, -0.15) is 0 Å². The minimum Gasteiger partial charge on any atom is -0.461 e. The smallest absolute Gasteiger partial charge is 0.355 e. The Kier molecular flexibility index (Phi) is 5.27. The molecule has 1 N–H and O–H groups in total. The van der Waals surface area contributed by atoms with Crippen molar-refractivity contribution in [1.29, 1.82) is 0 Å². The Morgan fingerprint density at radius 3 is 2.81 bits per heavy atom. The van der Waals surface area contributed by atoms with Crippen LogP contribution in [0.2, 0.25) is 0 Å². The van der Waals surface area contributed by atoms with Crippen LogP contribution in [0.4, 0.5) is 0 Å². The second-order valence-corrected chi connectivity index (χ2v) is 6.33. The summed E-state index contributed by atoms with van der Waals surface area (Å²) in [5.41, 5.74) is 1.98. The summed E-state index contributed by atoms with van der Waals surface area (Å²) in [6.07, 6.45) is 1.51. The molecule has 0 unspecified atom stereocenters. The van der Waals surface area contributed by atoms with Crippen LogP contribution in [0.1, 0.15) is 39.0 Å². The van der Waals surface area contributed by atoms with Crippen LogP contribution in [0, 0.1) is 13.8 Å². The van der Waals surface area contributed by atoms with Gasteiger partial charge in [0.05, 0.1) is 18.6 Å². The number of H-pyrrole nitrogens is 1. The van der Waals surface area contributed by atoms with Crippen molar-refractivity contribution in [2.45, 2.75) is 26.0 Å². The van der Waals surface area contributed by atoms with Crippen molar-refractivity contribution in [1.82, 2.24) is 15.2 Å². The first-order valence-electron chi connectivity index (χ1n) is 7.91. The van der Waals surface area contributed by atoms with Gasteiger partial charge >= 0.3 is 5.97 Å². The lowest BCUT2D eigenvalue weighted by Crippen LogP contribution is -2.08. The third kappa shape index (κ3) is 3.57. The number of Topliss-reactive ketones (excluding diaryl/α,β-unsaturated/α-hetero) is 1. The molecule has 0 fully saturated rings. The lowest BCUT2D eigenvalue weighted by Gasteiger charge is -2.02. The number of ketones is 1. The molecule has 0 saturated heterocycles. The summed E-state index contributed by atoms with van der Waals surface area (Å²) in [5, 5.41) is 8.04. The molecule has 0 aliphatic carbocycles. The number of aromatic nitrogens is 3. The maximum absolute atomic E-state index is 12.6. The summed E-state index contributed by atoms with van der Waals surface area (Å²) in [7, 11) is 0. The van der Waals surface area contributed by atoms with Gasteiger partial charge in [0.1, 0.15) is 5.69 Å². The van der Waals surface area contributed by atoms with E-state index in [1.807, 2.05) is 0 Å². The lowest BCUT2D eigenvalue weighted by molar-refractivity contribution is 0.0519. The molecule has 136 valence electrons. The molecule has 0 saturated carbocycles. The number of nitrogens with one attached hydrogen (secondary N) is 1. The molecule has 3 heterocycles. The summed E-state index contributed by atoms with van der Waals surface area (Å²) >= 11 is 1.13. The van der Waals surface area contributed by atoms with Gasteiger partial charge in [-0.3, -0.25) is 4.79 Å². The molecule has 26 heavy (non-hydrogen) atoms. The predicted octanol–water partition coefficient (Wildman–Crippen LogP) is 3.43. The molecule has 0 bridgehead atoms. The largest absolute Gasteiger partial charge is 0.461 e. The number of hydrogen-bond donors (Lipinski definition) is 1. The average Bonchev–Trinajstić information content (AvgIpc) is 3.33. The van der Waals surface area contributed by atoms with Crippen LogP contribution in [0.25, 0.3) is 11.7 Å². The van der Waals surface area contributed by atoms with Crippen LogP contribution in [-0.4, -0.2) is 39.3 Å². The minimum absolute atomic E-state index is 0.0988. The van der Waals surface area contributed by atoms with E-state index in [0.717, 1.165) is 11.8 Å². The number of rotatable bonds is 7. The summed E-state index contributed by atoms with van der Waals surface area (Å²) < 4.78 is 15.6. The van der Waals surface area contributed by atoms with Crippen LogP contribution in [-0.2, 0) is 4.74 Å². The van der Waals surface area contributed by atoms with Crippen LogP contribution in [0.3, 0.4) is 0 Å². The molecule has 0 aliphatic heterocycles. The summed E-state index contributed by atoms with van der Waals surface area (Å²) in [4.78, 5) is 27.5. The van der Waals surface area contributed by atoms with Gasteiger partial charge in [0.2, 0.25) is 0 Å². The molecule has 0 spiro atoms. The fourth-order valence-corrected chi connectivity index (χ4v) is 3.18. The van der Waals surface area contributed by atoms with Gasteiger partial charge in [0.25, 0.3) is 11.1 Å². The highest BCUT2D eigenvalue weighted by Gasteiger charge is 2.23. The molecule has 3 rings (SSSR count). The van der Waals surface area contributed by atoms with Crippen molar-refractivity contribution in [2.24, 2.45) is 0 Å². The molecule has 3 aromatic rings. The summed E-state index contributed by atoms with van der Waals surface area (Å²) in [6.45, 7) is 5.46. The molecule has 0 amide bonds. The molecular weight excluding hydrogens is 358 g/mol. The van der Waals surface area contributed by atoms with Gasteiger partial charge in [-0.15, -0.1) is 10.2 Å². The van der Waals surface area contributed by atoms with E-state index in [1.54, 1.807) is 32.9 Å². The number of carbonyl (C=O) groups excluding carboxylic acids is 2. The van der Waals surface area contributed by atoms with Crippen molar-refractivity contribution in [3.8, 4) is 11.7 Å². The third-order valence-corrected chi connectivity index (χ3v) is 4.48. The number of furan rings is 1. The van der Waals surface area contributed by atoms with Gasteiger partial charge in [-0.05, 0) is 38.5 Å². The van der Waals surface area contributed by atoms with E-state index in [0.29, 0.717) is 28.3 Å². The highest BCUT2D eigenvalue weighted by atomic mass is 32.2. The number of nitrogens with zero attached hydrogens (tertiary/aromatic N) is 2. The zero-order chi connectivity index (χ0) is 18.7. The SMILES string of the molecule is CCOC(=O)c1[nH]c(C)c(C(=O)CSc2nnc(-c3ccco3)o2)c1C. The highest BCUT2D eigenvalue weighted by Crippen LogP contribution is 2.26. The Bertz CT molecular complexity index is 927. The minimum atomic E-state index is -0.472. The van der Waals surface area contributed by atoms with Crippen molar-refractivity contribution < 1.29 is 23.2 Å². The number of esters is 1. The molecular formula is C17H17N3O5S. The molecule has 0 aliphatic rings. The van der Waals surface area contributed by atoms with Crippen molar-refractivity contribution in [2.75, 3.05) is 12.4 Å². The standard InChI is InChI=1S/C17H17N3O5S/c1-4-23-16(22)14-9(2)13(10(3)18-14)11(21)8-26-17-20-19-15(25-17)12-6-5-7-24-12/h5-7,18H,4,8H2,1-3H3. The maximum Gasteiger partial charge on any atom is 0.355 e. The quantitative estimate of drug-likeness (QED) is 0.380. The topological polar surface area (TPSA) is 111 Å². The lowest BCUT2D eigenvalue weighted by atomic mass is 10.1. The number of carbonyl (C=O) groups is 2. The zero-order valence-corrected chi connectivity index (χ0v) is 15.3. The van der Waals surface area contributed by atoms with E-state index in [9.17, 15) is 9.59 Å². The van der Waals surface area contributed by atoms with Crippen molar-refractivity contribution in [3.05, 3.63) is 40.9 Å². The van der Waals surface area contributed by atoms with Crippen LogP contribution >= 0.6 is 11.8 Å². The normalized spacial score (nSPS) is 10.9. The Hall–Kier alpha value is -2.81. The maximum atomic E-state index is 12.6. The number of ether oxygens (including phenoxy) is 1. The molecule has 0 aromatic carbocycles. The molecule has 3 aromatic heterocycles. The Morgan fingerprint density at radius 2 is 2.12 bits per heavy atom. The van der Waals surface area contributed by atoms with E-state index >= 15 is 0 Å². The van der Waals surface area contributed by atoms with Gasteiger partial charge in [0.15, 0.2) is 11.5 Å². The second-order valence-electron chi connectivity index (χ2n) is 5.41. The molecule has 0 radical (unpaired) electrons. The highest BCUT2D eigenvalue weighted by molar-refractivity contribution is 7.99. The van der Waals surface area contributed by atoms with E-state index in [2.05, 4.69) is 15.2 Å². The van der Waals surface area contributed by atoms with Crippen LogP contribution < -0.4 is 0 Å². The number of aryl methyl sites for hydroxylation is 1. The van der Waals surface area contributed by atoms with Gasteiger partial charge in [-0.25, -0.2) is 4.79 Å². The Balaban J connectivity index is 1.70.